The lowest BCUT2D eigenvalue weighted by Crippen LogP contribution is -2.19. The number of benzene rings is 4. The van der Waals surface area contributed by atoms with Crippen molar-refractivity contribution in [2.75, 3.05) is 6.79 Å². The van der Waals surface area contributed by atoms with Crippen LogP contribution in [-0.2, 0) is 0 Å². The number of hydrogen-bond acceptors (Lipinski definition) is 6. The van der Waals surface area contributed by atoms with Gasteiger partial charge in [0.25, 0.3) is 5.91 Å². The van der Waals surface area contributed by atoms with Gasteiger partial charge in [-0.25, -0.2) is 14.6 Å². The second kappa shape index (κ2) is 10.5. The van der Waals surface area contributed by atoms with Crippen LogP contribution in [0.25, 0.3) is 22.0 Å². The molecule has 0 saturated carbocycles. The lowest BCUT2D eigenvalue weighted by atomic mass is 10.0. The topological polar surface area (TPSA) is 102 Å². The van der Waals surface area contributed by atoms with Crippen LogP contribution < -0.4 is 19.6 Å². The lowest BCUT2D eigenvalue weighted by molar-refractivity contribution is 0.0733. The first-order chi connectivity index (χ1) is 19.5. The van der Waals surface area contributed by atoms with Crippen LogP contribution in [0.3, 0.4) is 0 Å². The average molecular weight is 556 g/mol. The van der Waals surface area contributed by atoms with Crippen molar-refractivity contribution in [2.45, 2.75) is 0 Å². The van der Waals surface area contributed by atoms with Crippen LogP contribution >= 0.6 is 11.6 Å². The number of fused-ring (bicyclic) bond motifs is 2. The molecule has 4 aromatic carbocycles. The smallest absolute Gasteiger partial charge is 0.343 e. The zero-order valence-corrected chi connectivity index (χ0v) is 21.4. The molecular weight excluding hydrogens is 537 g/mol. The van der Waals surface area contributed by atoms with Gasteiger partial charge in [0.05, 0.1) is 11.8 Å². The molecule has 0 spiro atoms. The molecule has 2 N–H and O–H groups in total. The van der Waals surface area contributed by atoms with E-state index in [9.17, 15) is 14.0 Å². The number of amides is 1. The summed E-state index contributed by atoms with van der Waals surface area (Å²) < 4.78 is 30.3. The molecule has 1 aliphatic heterocycles. The summed E-state index contributed by atoms with van der Waals surface area (Å²) >= 11 is 6.42. The minimum absolute atomic E-state index is 0.0914. The van der Waals surface area contributed by atoms with Crippen molar-refractivity contribution in [3.05, 3.63) is 113 Å². The molecule has 1 amide bonds. The first-order valence-electron chi connectivity index (χ1n) is 12.1. The molecular formula is C30H19ClFN3O5. The number of rotatable bonds is 6. The highest BCUT2D eigenvalue weighted by Crippen LogP contribution is 2.37. The van der Waals surface area contributed by atoms with Crippen LogP contribution in [0, 0.1) is 5.82 Å². The fraction of sp³-hybridized carbons (Fsp3) is 0.0333. The molecule has 1 aliphatic rings. The van der Waals surface area contributed by atoms with Gasteiger partial charge < -0.3 is 19.2 Å². The van der Waals surface area contributed by atoms with E-state index in [2.05, 4.69) is 15.5 Å². The molecule has 198 valence electrons. The van der Waals surface area contributed by atoms with Gasteiger partial charge in [-0.2, -0.15) is 5.10 Å². The fourth-order valence-electron chi connectivity index (χ4n) is 4.36. The number of H-pyrrole nitrogens is 1. The van der Waals surface area contributed by atoms with Crippen molar-refractivity contribution in [3.63, 3.8) is 0 Å². The van der Waals surface area contributed by atoms with E-state index < -0.39 is 17.7 Å². The molecule has 6 rings (SSSR count). The van der Waals surface area contributed by atoms with Crippen LogP contribution in [0.1, 0.15) is 26.4 Å². The van der Waals surface area contributed by atoms with Crippen molar-refractivity contribution in [3.8, 4) is 28.4 Å². The number of carbonyl (C=O) groups excluding carboxylic acids is 2. The Bertz CT molecular complexity index is 1820. The largest absolute Gasteiger partial charge is 0.454 e. The molecule has 0 radical (unpaired) electrons. The highest BCUT2D eigenvalue weighted by Gasteiger charge is 2.22. The Balaban J connectivity index is 1.24. The Morgan fingerprint density at radius 2 is 1.77 bits per heavy atom. The van der Waals surface area contributed by atoms with Crippen LogP contribution in [0.2, 0.25) is 5.02 Å². The Morgan fingerprint density at radius 1 is 0.975 bits per heavy atom. The van der Waals surface area contributed by atoms with E-state index in [1.54, 1.807) is 72.8 Å². The standard InChI is InChI=1S/C30H19ClFN3O5/c31-22-7-3-2-6-20(22)27-21-14-19(32)10-11-23(21)34-28(27)29(36)35-33-15-18-5-1-4-8-24(18)40-30(37)17-9-12-25-26(13-17)39-16-38-25/h1-15,34H,16H2,(H,35,36). The molecule has 0 saturated heterocycles. The summed E-state index contributed by atoms with van der Waals surface area (Å²) in [5.41, 5.74) is 4.95. The summed E-state index contributed by atoms with van der Waals surface area (Å²) in [6, 6.07) is 22.7. The number of ether oxygens (including phenoxy) is 3. The van der Waals surface area contributed by atoms with Crippen molar-refractivity contribution in [1.29, 1.82) is 0 Å². The zero-order valence-electron chi connectivity index (χ0n) is 20.6. The predicted molar refractivity (Wildman–Crippen MR) is 148 cm³/mol. The number of para-hydroxylation sites is 1. The van der Waals surface area contributed by atoms with Crippen LogP contribution in [0.4, 0.5) is 4.39 Å². The van der Waals surface area contributed by atoms with Gasteiger partial charge >= 0.3 is 5.97 Å². The third-order valence-electron chi connectivity index (χ3n) is 6.23. The Kier molecular flexibility index (Phi) is 6.63. The number of nitrogens with zero attached hydrogens (tertiary/aromatic N) is 1. The number of halogens is 2. The second-order valence-electron chi connectivity index (χ2n) is 8.74. The Hall–Kier alpha value is -5.15. The second-order valence-corrected chi connectivity index (χ2v) is 9.15. The van der Waals surface area contributed by atoms with E-state index in [-0.39, 0.29) is 23.8 Å². The third-order valence-corrected chi connectivity index (χ3v) is 6.56. The summed E-state index contributed by atoms with van der Waals surface area (Å²) in [6.45, 7) is 0.0914. The third kappa shape index (κ3) is 4.85. The van der Waals surface area contributed by atoms with Gasteiger partial charge in [0, 0.05) is 32.6 Å². The summed E-state index contributed by atoms with van der Waals surface area (Å²) in [7, 11) is 0. The maximum absolute atomic E-state index is 14.1. The molecule has 0 unspecified atom stereocenters. The highest BCUT2D eigenvalue weighted by molar-refractivity contribution is 6.34. The number of hydrazone groups is 1. The lowest BCUT2D eigenvalue weighted by Gasteiger charge is -2.08. The quantitative estimate of drug-likeness (QED) is 0.110. The van der Waals surface area contributed by atoms with Crippen LogP contribution in [0.15, 0.2) is 90.0 Å². The van der Waals surface area contributed by atoms with E-state index in [0.717, 1.165) is 0 Å². The van der Waals surface area contributed by atoms with Crippen LogP contribution in [-0.4, -0.2) is 29.9 Å². The monoisotopic (exact) mass is 555 g/mol. The van der Waals surface area contributed by atoms with Crippen molar-refractivity contribution < 1.29 is 28.2 Å². The van der Waals surface area contributed by atoms with E-state index in [4.69, 9.17) is 25.8 Å². The van der Waals surface area contributed by atoms with Crippen molar-refractivity contribution in [2.24, 2.45) is 5.10 Å². The summed E-state index contributed by atoms with van der Waals surface area (Å²) in [4.78, 5) is 29.0. The molecule has 0 bridgehead atoms. The van der Waals surface area contributed by atoms with E-state index in [0.29, 0.717) is 44.1 Å². The number of aromatic nitrogens is 1. The minimum Gasteiger partial charge on any atom is -0.454 e. The predicted octanol–water partition coefficient (Wildman–Crippen LogP) is 6.34. The molecule has 0 fully saturated rings. The normalized spacial score (nSPS) is 12.2. The zero-order chi connectivity index (χ0) is 27.6. The fourth-order valence-corrected chi connectivity index (χ4v) is 4.59. The van der Waals surface area contributed by atoms with Crippen molar-refractivity contribution >= 4 is 40.6 Å². The number of carbonyl (C=O) groups is 2. The minimum atomic E-state index is -0.599. The van der Waals surface area contributed by atoms with Crippen molar-refractivity contribution in [1.82, 2.24) is 10.4 Å². The highest BCUT2D eigenvalue weighted by atomic mass is 35.5. The van der Waals surface area contributed by atoms with Gasteiger partial charge in [0.15, 0.2) is 11.5 Å². The number of aromatic amines is 1. The van der Waals surface area contributed by atoms with Gasteiger partial charge in [-0.15, -0.1) is 0 Å². The molecule has 0 atom stereocenters. The van der Waals surface area contributed by atoms with Gasteiger partial charge in [0.2, 0.25) is 6.79 Å². The van der Waals surface area contributed by atoms with E-state index in [1.807, 2.05) is 0 Å². The van der Waals surface area contributed by atoms with Gasteiger partial charge in [0.1, 0.15) is 17.3 Å². The Morgan fingerprint density at radius 3 is 2.65 bits per heavy atom. The summed E-state index contributed by atoms with van der Waals surface area (Å²) in [5, 5.41) is 4.98. The SMILES string of the molecule is O=C(Oc1ccccc1C=NNC(=O)c1[nH]c2ccc(F)cc2c1-c1ccccc1Cl)c1ccc2c(c1)OCO2. The molecule has 10 heteroatoms. The molecule has 5 aromatic rings. The summed E-state index contributed by atoms with van der Waals surface area (Å²) in [5.74, 6) is -0.367. The maximum Gasteiger partial charge on any atom is 0.343 e. The van der Waals surface area contributed by atoms with Crippen LogP contribution in [0.5, 0.6) is 17.2 Å². The number of esters is 1. The molecule has 40 heavy (non-hydrogen) atoms. The maximum atomic E-state index is 14.1. The molecule has 1 aromatic heterocycles. The molecule has 8 nitrogen and oxygen atoms in total. The number of nitrogens with one attached hydrogen (secondary N) is 2. The number of hydrogen-bond donors (Lipinski definition) is 2. The van der Waals surface area contributed by atoms with Gasteiger partial charge in [-0.05, 0) is 54.6 Å². The van der Waals surface area contributed by atoms with Gasteiger partial charge in [-0.3, -0.25) is 4.79 Å². The van der Waals surface area contributed by atoms with E-state index in [1.165, 1.54) is 18.3 Å². The molecule has 0 aliphatic carbocycles. The van der Waals surface area contributed by atoms with Gasteiger partial charge in [-0.1, -0.05) is 41.9 Å². The Labute approximate surface area is 231 Å². The summed E-state index contributed by atoms with van der Waals surface area (Å²) in [6.07, 6.45) is 1.36. The average Bonchev–Trinajstić information content (AvgIpc) is 3.58. The first-order valence-corrected chi connectivity index (χ1v) is 12.5. The molecule has 2 heterocycles. The first kappa shape index (κ1) is 25.1. The van der Waals surface area contributed by atoms with E-state index >= 15 is 0 Å².